The van der Waals surface area contributed by atoms with Crippen molar-refractivity contribution in [3.8, 4) is 11.5 Å². The minimum absolute atomic E-state index is 0.0177. The van der Waals surface area contributed by atoms with Gasteiger partial charge in [-0.2, -0.15) is 0 Å². The molecule has 0 radical (unpaired) electrons. The Morgan fingerprint density at radius 3 is 2.42 bits per heavy atom. The van der Waals surface area contributed by atoms with E-state index in [2.05, 4.69) is 5.32 Å². The molecule has 0 fully saturated rings. The van der Waals surface area contributed by atoms with Crippen LogP contribution in [0.4, 0.5) is 10.1 Å². The number of sulfonamides is 1. The molecular weight excluding hydrogens is 573 g/mol. The Hall–Kier alpha value is -4.12. The smallest absolute Gasteiger partial charge is 0.243 e. The topological polar surface area (TPSA) is 105 Å². The molecule has 2 amide bonds. The fourth-order valence-electron chi connectivity index (χ4n) is 4.91. The molecule has 0 spiro atoms. The number of nitrogens with one attached hydrogen (secondary N) is 1. The molecule has 3 aromatic rings. The molecule has 230 valence electrons. The fraction of sp³-hybridized carbons (Fsp3) is 0.375. The first kappa shape index (κ1) is 31.8. The Bertz CT molecular complexity index is 1500. The zero-order chi connectivity index (χ0) is 30.8. The molecule has 0 saturated carbocycles. The highest BCUT2D eigenvalue weighted by Gasteiger charge is 2.31. The maximum Gasteiger partial charge on any atom is 0.243 e. The number of fused-ring (bicyclic) bond motifs is 1. The van der Waals surface area contributed by atoms with Crippen LogP contribution >= 0.6 is 0 Å². The largest absolute Gasteiger partial charge is 0.454 e. The van der Waals surface area contributed by atoms with Gasteiger partial charge in [0, 0.05) is 44.1 Å². The lowest BCUT2D eigenvalue weighted by atomic mass is 10.0. The Labute approximate surface area is 252 Å². The average molecular weight is 612 g/mol. The van der Waals surface area contributed by atoms with E-state index >= 15 is 0 Å². The Morgan fingerprint density at radius 1 is 0.977 bits per heavy atom. The second kappa shape index (κ2) is 14.9. The van der Waals surface area contributed by atoms with Gasteiger partial charge < -0.3 is 19.7 Å². The van der Waals surface area contributed by atoms with Crippen LogP contribution in [0.3, 0.4) is 0 Å². The third-order valence-corrected chi connectivity index (χ3v) is 8.39. The van der Waals surface area contributed by atoms with Gasteiger partial charge in [-0.3, -0.25) is 13.9 Å². The number of carbonyl (C=O) groups excluding carboxylic acids is 2. The maximum atomic E-state index is 14.8. The van der Waals surface area contributed by atoms with Gasteiger partial charge in [0.1, 0.15) is 11.9 Å². The molecule has 0 aromatic heterocycles. The molecule has 0 unspecified atom stereocenters. The zero-order valence-electron chi connectivity index (χ0n) is 24.5. The summed E-state index contributed by atoms with van der Waals surface area (Å²) in [5.41, 5.74) is 1.53. The number of nitrogens with zero attached hydrogens (tertiary/aromatic N) is 2. The lowest BCUT2D eigenvalue weighted by Gasteiger charge is -2.32. The molecule has 11 heteroatoms. The number of amides is 2. The SMILES string of the molecule is CCCCNC(=O)[C@@H](Cc1ccccc1)N(Cc1ccccc1F)C(=O)CCCN(c1ccc2c(c1)OCO2)S(C)(=O)=O. The van der Waals surface area contributed by atoms with Crippen LogP contribution in [0.25, 0.3) is 0 Å². The Kier molecular flexibility index (Phi) is 11.0. The predicted octanol–water partition coefficient (Wildman–Crippen LogP) is 4.66. The molecule has 0 aliphatic carbocycles. The summed E-state index contributed by atoms with van der Waals surface area (Å²) >= 11 is 0. The van der Waals surface area contributed by atoms with Crippen molar-refractivity contribution in [2.75, 3.05) is 30.4 Å². The third-order valence-electron chi connectivity index (χ3n) is 7.20. The summed E-state index contributed by atoms with van der Waals surface area (Å²) in [6.45, 7) is 2.44. The third kappa shape index (κ3) is 8.70. The van der Waals surface area contributed by atoms with Crippen LogP contribution in [-0.4, -0.2) is 57.3 Å². The zero-order valence-corrected chi connectivity index (χ0v) is 25.3. The van der Waals surface area contributed by atoms with Crippen LogP contribution in [0.15, 0.2) is 72.8 Å². The van der Waals surface area contributed by atoms with Crippen molar-refractivity contribution in [1.82, 2.24) is 10.2 Å². The molecule has 1 aliphatic rings. The van der Waals surface area contributed by atoms with Crippen LogP contribution in [0.5, 0.6) is 11.5 Å². The quantitative estimate of drug-likeness (QED) is 0.251. The number of carbonyl (C=O) groups is 2. The van der Waals surface area contributed by atoms with Crippen LogP contribution < -0.4 is 19.1 Å². The standard InChI is InChI=1S/C32H38FN3O6S/c1-3-4-18-34-32(38)28(20-24-11-6-5-7-12-24)35(22-25-13-8-9-14-27(25)33)31(37)15-10-19-36(43(2,39)40)26-16-17-29-30(21-26)42-23-41-29/h5-9,11-14,16-17,21,28H,3-4,10,15,18-20,22-23H2,1-2H3,(H,34,38)/t28-/m1/s1. The van der Waals surface area contributed by atoms with E-state index in [9.17, 15) is 22.4 Å². The number of ether oxygens (including phenoxy) is 2. The molecule has 9 nitrogen and oxygen atoms in total. The van der Waals surface area contributed by atoms with E-state index in [-0.39, 0.29) is 56.5 Å². The Morgan fingerprint density at radius 2 is 1.70 bits per heavy atom. The van der Waals surface area contributed by atoms with Crippen molar-refractivity contribution in [2.45, 2.75) is 51.6 Å². The molecular formula is C32H38FN3O6S. The van der Waals surface area contributed by atoms with E-state index in [1.54, 1.807) is 36.4 Å². The second-order valence-electron chi connectivity index (χ2n) is 10.4. The van der Waals surface area contributed by atoms with Crippen molar-refractivity contribution in [1.29, 1.82) is 0 Å². The van der Waals surface area contributed by atoms with Gasteiger partial charge >= 0.3 is 0 Å². The number of halogens is 1. The number of anilines is 1. The first-order valence-electron chi connectivity index (χ1n) is 14.4. The van der Waals surface area contributed by atoms with Gasteiger partial charge in [-0.1, -0.05) is 61.9 Å². The van der Waals surface area contributed by atoms with Crippen LogP contribution in [0.1, 0.15) is 43.7 Å². The summed E-state index contributed by atoms with van der Waals surface area (Å²) in [5.74, 6) is -0.209. The minimum Gasteiger partial charge on any atom is -0.454 e. The van der Waals surface area contributed by atoms with E-state index in [1.165, 1.54) is 15.3 Å². The molecule has 0 saturated heterocycles. The van der Waals surface area contributed by atoms with Gasteiger partial charge in [0.05, 0.1) is 11.9 Å². The molecule has 1 aliphatic heterocycles. The lowest BCUT2D eigenvalue weighted by Crippen LogP contribution is -2.50. The first-order chi connectivity index (χ1) is 20.7. The van der Waals surface area contributed by atoms with Crippen molar-refractivity contribution < 1.29 is 31.9 Å². The highest BCUT2D eigenvalue weighted by atomic mass is 32.2. The van der Waals surface area contributed by atoms with E-state index in [4.69, 9.17) is 9.47 Å². The summed E-state index contributed by atoms with van der Waals surface area (Å²) in [6.07, 6.45) is 3.13. The van der Waals surface area contributed by atoms with Crippen molar-refractivity contribution >= 4 is 27.5 Å². The fourth-order valence-corrected chi connectivity index (χ4v) is 5.87. The molecule has 1 heterocycles. The van der Waals surface area contributed by atoms with Gasteiger partial charge in [0.25, 0.3) is 0 Å². The van der Waals surface area contributed by atoms with Crippen LogP contribution in [0, 0.1) is 5.82 Å². The summed E-state index contributed by atoms with van der Waals surface area (Å²) in [6, 6.07) is 19.5. The van der Waals surface area contributed by atoms with Crippen LogP contribution in [-0.2, 0) is 32.6 Å². The summed E-state index contributed by atoms with van der Waals surface area (Å²) in [4.78, 5) is 28.8. The molecule has 0 bridgehead atoms. The molecule has 1 atom stereocenters. The van der Waals surface area contributed by atoms with Crippen molar-refractivity contribution in [2.24, 2.45) is 0 Å². The molecule has 3 aromatic carbocycles. The summed E-state index contributed by atoms with van der Waals surface area (Å²) in [5, 5.41) is 2.94. The second-order valence-corrected chi connectivity index (χ2v) is 12.3. The Balaban J connectivity index is 1.57. The van der Waals surface area contributed by atoms with E-state index in [0.717, 1.165) is 24.7 Å². The average Bonchev–Trinajstić information content (AvgIpc) is 3.46. The van der Waals surface area contributed by atoms with E-state index in [1.807, 2.05) is 37.3 Å². The van der Waals surface area contributed by atoms with Crippen molar-refractivity contribution in [3.63, 3.8) is 0 Å². The van der Waals surface area contributed by atoms with Crippen molar-refractivity contribution in [3.05, 3.63) is 89.7 Å². The van der Waals surface area contributed by atoms with Crippen LogP contribution in [0.2, 0.25) is 0 Å². The van der Waals surface area contributed by atoms with Gasteiger partial charge in [-0.15, -0.1) is 0 Å². The monoisotopic (exact) mass is 611 g/mol. The number of benzene rings is 3. The number of hydrogen-bond donors (Lipinski definition) is 1. The van der Waals surface area contributed by atoms with Gasteiger partial charge in [-0.25, -0.2) is 12.8 Å². The number of unbranched alkanes of at least 4 members (excludes halogenated alkanes) is 1. The summed E-state index contributed by atoms with van der Waals surface area (Å²) in [7, 11) is -3.69. The summed E-state index contributed by atoms with van der Waals surface area (Å²) < 4.78 is 52.2. The number of rotatable bonds is 15. The minimum atomic E-state index is -3.69. The highest BCUT2D eigenvalue weighted by molar-refractivity contribution is 7.92. The molecule has 1 N–H and O–H groups in total. The number of hydrogen-bond acceptors (Lipinski definition) is 6. The first-order valence-corrected chi connectivity index (χ1v) is 16.2. The predicted molar refractivity (Wildman–Crippen MR) is 163 cm³/mol. The molecule has 4 rings (SSSR count). The van der Waals surface area contributed by atoms with E-state index < -0.39 is 21.9 Å². The van der Waals surface area contributed by atoms with Gasteiger partial charge in [0.15, 0.2) is 11.5 Å². The van der Waals surface area contributed by atoms with E-state index in [0.29, 0.717) is 23.7 Å². The highest BCUT2D eigenvalue weighted by Crippen LogP contribution is 2.36. The van der Waals surface area contributed by atoms with Gasteiger partial charge in [0.2, 0.25) is 28.6 Å². The maximum absolute atomic E-state index is 14.8. The van der Waals surface area contributed by atoms with Gasteiger partial charge in [-0.05, 0) is 36.6 Å². The normalized spacial score (nSPS) is 12.9. The molecule has 43 heavy (non-hydrogen) atoms. The lowest BCUT2D eigenvalue weighted by molar-refractivity contribution is -0.141.